The normalized spacial score (nSPS) is 16.3. The third-order valence-electron chi connectivity index (χ3n) is 3.54. The van der Waals surface area contributed by atoms with E-state index >= 15 is 0 Å². The average Bonchev–Trinajstić information content (AvgIpc) is 2.58. The molecule has 0 saturated heterocycles. The molecule has 0 spiro atoms. The summed E-state index contributed by atoms with van der Waals surface area (Å²) in [7, 11) is 0. The fraction of sp³-hybridized carbons (Fsp3) is 0.550. The van der Waals surface area contributed by atoms with Crippen molar-refractivity contribution in [3.8, 4) is 0 Å². The van der Waals surface area contributed by atoms with Crippen molar-refractivity contribution in [3.63, 3.8) is 0 Å². The van der Waals surface area contributed by atoms with E-state index in [0.29, 0.717) is 6.42 Å². The summed E-state index contributed by atoms with van der Waals surface area (Å²) in [6, 6.07) is 0. The van der Waals surface area contributed by atoms with Gasteiger partial charge < -0.3 is 20.4 Å². The zero-order chi connectivity index (χ0) is 18.9. The van der Waals surface area contributed by atoms with Crippen LogP contribution in [-0.2, 0) is 4.79 Å². The van der Waals surface area contributed by atoms with Gasteiger partial charge in [-0.25, -0.2) is 0 Å². The van der Waals surface area contributed by atoms with Gasteiger partial charge in [0.05, 0.1) is 18.3 Å². The van der Waals surface area contributed by atoms with Gasteiger partial charge in [0.25, 0.3) is 0 Å². The van der Waals surface area contributed by atoms with Crippen LogP contribution in [0.4, 0.5) is 0 Å². The van der Waals surface area contributed by atoms with Gasteiger partial charge in [0.15, 0.2) is 0 Å². The van der Waals surface area contributed by atoms with Crippen LogP contribution in [0.3, 0.4) is 0 Å². The van der Waals surface area contributed by atoms with Gasteiger partial charge in [-0.1, -0.05) is 68.4 Å². The van der Waals surface area contributed by atoms with Gasteiger partial charge in [0, 0.05) is 6.42 Å². The van der Waals surface area contributed by atoms with Gasteiger partial charge in [-0.05, 0) is 25.7 Å². The van der Waals surface area contributed by atoms with Gasteiger partial charge in [-0.2, -0.15) is 0 Å². The third-order valence-corrected chi connectivity index (χ3v) is 3.54. The lowest BCUT2D eigenvalue weighted by molar-refractivity contribution is -0.137. The first kappa shape index (κ1) is 23.3. The summed E-state index contributed by atoms with van der Waals surface area (Å²) in [4.78, 5) is 10.4. The van der Waals surface area contributed by atoms with Crippen LogP contribution in [0, 0.1) is 0 Å². The van der Waals surface area contributed by atoms with E-state index in [2.05, 4.69) is 13.0 Å². The second kappa shape index (κ2) is 15.8. The van der Waals surface area contributed by atoms with Gasteiger partial charge in [0.1, 0.15) is 0 Å². The second-order valence-electron chi connectivity index (χ2n) is 5.92. The van der Waals surface area contributed by atoms with Crippen molar-refractivity contribution in [1.82, 2.24) is 0 Å². The molecule has 0 heterocycles. The molecule has 5 heteroatoms. The monoisotopic (exact) mass is 352 g/mol. The van der Waals surface area contributed by atoms with Crippen molar-refractivity contribution in [3.05, 3.63) is 48.6 Å². The molecule has 5 nitrogen and oxygen atoms in total. The molecule has 0 amide bonds. The van der Waals surface area contributed by atoms with Crippen LogP contribution >= 0.6 is 0 Å². The minimum absolute atomic E-state index is 0.00259. The molecule has 0 fully saturated rings. The molecule has 0 aliphatic heterocycles. The Hall–Kier alpha value is -1.69. The number of aliphatic hydroxyl groups excluding tert-OH is 3. The van der Waals surface area contributed by atoms with E-state index in [4.69, 9.17) is 5.11 Å². The molecule has 142 valence electrons. The molecular formula is C20H32O5. The number of carboxylic acid groups (broad SMARTS) is 1. The van der Waals surface area contributed by atoms with Crippen LogP contribution in [0.15, 0.2) is 48.6 Å². The first-order valence-corrected chi connectivity index (χ1v) is 8.90. The van der Waals surface area contributed by atoms with Crippen molar-refractivity contribution in [2.75, 3.05) is 0 Å². The summed E-state index contributed by atoms with van der Waals surface area (Å²) in [5, 5.41) is 37.4. The maximum Gasteiger partial charge on any atom is 0.303 e. The molecule has 3 atom stereocenters. The Morgan fingerprint density at radius 3 is 2.28 bits per heavy atom. The SMILES string of the molecule is CCCCC/C=C\C[C@@H](O)/C=C/C=C/C=C\[C@@H](O)C(O)CCC(=O)O. The summed E-state index contributed by atoms with van der Waals surface area (Å²) in [5.74, 6) is -1.00. The largest absolute Gasteiger partial charge is 0.481 e. The summed E-state index contributed by atoms with van der Waals surface area (Å²) in [6.45, 7) is 2.17. The van der Waals surface area contributed by atoms with E-state index in [9.17, 15) is 20.1 Å². The molecule has 0 aromatic heterocycles. The number of carbonyl (C=O) groups is 1. The lowest BCUT2D eigenvalue weighted by Crippen LogP contribution is -2.24. The Kier molecular flexibility index (Phi) is 14.7. The minimum Gasteiger partial charge on any atom is -0.481 e. The molecule has 25 heavy (non-hydrogen) atoms. The molecule has 0 aromatic rings. The van der Waals surface area contributed by atoms with E-state index in [1.54, 1.807) is 30.4 Å². The Morgan fingerprint density at radius 1 is 0.960 bits per heavy atom. The molecule has 1 unspecified atom stereocenters. The predicted molar refractivity (Wildman–Crippen MR) is 100 cm³/mol. The molecule has 0 saturated carbocycles. The van der Waals surface area contributed by atoms with Crippen molar-refractivity contribution in [2.45, 2.75) is 70.2 Å². The quantitative estimate of drug-likeness (QED) is 0.219. The molecule has 0 bridgehead atoms. The topological polar surface area (TPSA) is 98.0 Å². The molecule has 0 radical (unpaired) electrons. The van der Waals surface area contributed by atoms with Crippen LogP contribution in [-0.4, -0.2) is 44.7 Å². The first-order chi connectivity index (χ1) is 12.0. The van der Waals surface area contributed by atoms with E-state index in [-0.39, 0.29) is 12.8 Å². The highest BCUT2D eigenvalue weighted by atomic mass is 16.4. The Bertz CT molecular complexity index is 451. The van der Waals surface area contributed by atoms with Crippen LogP contribution in [0.1, 0.15) is 51.9 Å². The van der Waals surface area contributed by atoms with E-state index in [1.165, 1.54) is 25.3 Å². The number of allylic oxidation sites excluding steroid dienone is 5. The highest BCUT2D eigenvalue weighted by molar-refractivity contribution is 5.66. The maximum atomic E-state index is 10.4. The Labute approximate surface area is 150 Å². The van der Waals surface area contributed by atoms with Gasteiger partial charge in [-0.3, -0.25) is 4.79 Å². The van der Waals surface area contributed by atoms with Crippen molar-refractivity contribution in [2.24, 2.45) is 0 Å². The summed E-state index contributed by atoms with van der Waals surface area (Å²) in [6.07, 6.45) is 16.2. The number of carboxylic acids is 1. The maximum absolute atomic E-state index is 10.4. The average molecular weight is 352 g/mol. The number of unbranched alkanes of at least 4 members (excludes halogenated alkanes) is 3. The number of aliphatic carboxylic acids is 1. The predicted octanol–water partition coefficient (Wildman–Crippen LogP) is 3.13. The second-order valence-corrected chi connectivity index (χ2v) is 5.92. The fourth-order valence-corrected chi connectivity index (χ4v) is 2.01. The van der Waals surface area contributed by atoms with E-state index in [0.717, 1.165) is 6.42 Å². The summed E-state index contributed by atoms with van der Waals surface area (Å²) < 4.78 is 0. The van der Waals surface area contributed by atoms with Crippen LogP contribution < -0.4 is 0 Å². The molecule has 0 rings (SSSR count). The number of hydrogen-bond donors (Lipinski definition) is 4. The first-order valence-electron chi connectivity index (χ1n) is 8.90. The Morgan fingerprint density at radius 2 is 1.64 bits per heavy atom. The zero-order valence-electron chi connectivity index (χ0n) is 15.0. The van der Waals surface area contributed by atoms with Gasteiger partial charge in [-0.15, -0.1) is 0 Å². The zero-order valence-corrected chi connectivity index (χ0v) is 15.0. The smallest absolute Gasteiger partial charge is 0.303 e. The van der Waals surface area contributed by atoms with Crippen LogP contribution in [0.5, 0.6) is 0 Å². The summed E-state index contributed by atoms with van der Waals surface area (Å²) in [5.41, 5.74) is 0. The summed E-state index contributed by atoms with van der Waals surface area (Å²) >= 11 is 0. The van der Waals surface area contributed by atoms with Gasteiger partial charge >= 0.3 is 5.97 Å². The highest BCUT2D eigenvalue weighted by Gasteiger charge is 2.13. The third kappa shape index (κ3) is 15.6. The van der Waals surface area contributed by atoms with E-state index in [1.807, 2.05) is 6.08 Å². The van der Waals surface area contributed by atoms with Crippen LogP contribution in [0.25, 0.3) is 0 Å². The standard InChI is InChI=1S/C20H32O5/c1-2-3-4-5-6-9-12-17(21)13-10-7-8-11-14-18(22)19(23)15-16-20(24)25/h6-11,13-14,17-19,21-23H,2-5,12,15-16H2,1H3,(H,24,25)/b8-7+,9-6-,13-10+,14-11-/t17-,18-,19?/m1/s1. The minimum atomic E-state index is -1.10. The molecule has 0 aliphatic carbocycles. The van der Waals surface area contributed by atoms with Crippen molar-refractivity contribution >= 4 is 5.97 Å². The van der Waals surface area contributed by atoms with Crippen molar-refractivity contribution < 1.29 is 25.2 Å². The molecular weight excluding hydrogens is 320 g/mol. The Balaban J connectivity index is 3.96. The van der Waals surface area contributed by atoms with Crippen molar-refractivity contribution in [1.29, 1.82) is 0 Å². The number of aliphatic hydroxyl groups is 3. The molecule has 0 aliphatic rings. The molecule has 4 N–H and O–H groups in total. The lowest BCUT2D eigenvalue weighted by atomic mass is 10.1. The van der Waals surface area contributed by atoms with Gasteiger partial charge in [0.2, 0.25) is 0 Å². The van der Waals surface area contributed by atoms with Crippen LogP contribution in [0.2, 0.25) is 0 Å². The number of rotatable bonds is 14. The number of hydrogen-bond acceptors (Lipinski definition) is 4. The highest BCUT2D eigenvalue weighted by Crippen LogP contribution is 2.04. The van der Waals surface area contributed by atoms with E-state index < -0.39 is 24.3 Å². The lowest BCUT2D eigenvalue weighted by Gasteiger charge is -2.12. The fourth-order valence-electron chi connectivity index (χ4n) is 2.01. The molecule has 0 aromatic carbocycles.